The van der Waals surface area contributed by atoms with Gasteiger partial charge >= 0.3 is 0 Å². The molecular weight excluding hydrogens is 324 g/mol. The van der Waals surface area contributed by atoms with E-state index in [0.717, 1.165) is 0 Å². The Hall–Kier alpha value is -1.92. The zero-order valence-corrected chi connectivity index (χ0v) is 13.3. The van der Waals surface area contributed by atoms with Crippen LogP contribution in [0.5, 0.6) is 11.5 Å². The second-order valence-corrected chi connectivity index (χ2v) is 6.34. The fourth-order valence-electron chi connectivity index (χ4n) is 1.90. The van der Waals surface area contributed by atoms with Gasteiger partial charge in [-0.05, 0) is 31.2 Å². The zero-order valence-electron chi connectivity index (χ0n) is 11.7. The molecule has 114 valence electrons. The SMILES string of the molecule is C[C@@H](Sc1ncccc1Cl)C(=O)Nc1ccc2c(c1)OCO2. The maximum Gasteiger partial charge on any atom is 0.237 e. The molecule has 5 nitrogen and oxygen atoms in total. The minimum Gasteiger partial charge on any atom is -0.454 e. The van der Waals surface area contributed by atoms with Gasteiger partial charge in [-0.25, -0.2) is 4.98 Å². The van der Waals surface area contributed by atoms with Gasteiger partial charge in [0.25, 0.3) is 0 Å². The highest BCUT2D eigenvalue weighted by atomic mass is 35.5. The van der Waals surface area contributed by atoms with Crippen LogP contribution in [0.25, 0.3) is 0 Å². The number of ether oxygens (including phenoxy) is 2. The predicted molar refractivity (Wildman–Crippen MR) is 85.8 cm³/mol. The number of nitrogens with one attached hydrogen (secondary N) is 1. The molecule has 1 aromatic heterocycles. The minimum absolute atomic E-state index is 0.134. The van der Waals surface area contributed by atoms with Crippen molar-refractivity contribution >= 4 is 35.0 Å². The number of amides is 1. The first-order valence-corrected chi connectivity index (χ1v) is 7.87. The fraction of sp³-hybridized carbons (Fsp3) is 0.200. The lowest BCUT2D eigenvalue weighted by atomic mass is 10.2. The number of halogens is 1. The van der Waals surface area contributed by atoms with E-state index in [1.807, 2.05) is 0 Å². The minimum atomic E-state index is -0.335. The number of benzene rings is 1. The predicted octanol–water partition coefficient (Wildman–Crippen LogP) is 3.58. The van der Waals surface area contributed by atoms with E-state index in [1.165, 1.54) is 11.8 Å². The summed E-state index contributed by atoms with van der Waals surface area (Å²) in [5.74, 6) is 1.18. The Morgan fingerprint density at radius 3 is 3.00 bits per heavy atom. The highest BCUT2D eigenvalue weighted by Crippen LogP contribution is 2.34. The number of nitrogens with zero attached hydrogens (tertiary/aromatic N) is 1. The number of pyridine rings is 1. The number of hydrogen-bond acceptors (Lipinski definition) is 5. The van der Waals surface area contributed by atoms with Crippen LogP contribution in [0.2, 0.25) is 5.02 Å². The summed E-state index contributed by atoms with van der Waals surface area (Å²) in [5, 5.41) is 3.68. The smallest absolute Gasteiger partial charge is 0.237 e. The number of carbonyl (C=O) groups excluding carboxylic acids is 1. The topological polar surface area (TPSA) is 60.5 Å². The molecular formula is C15H13ClN2O3S. The van der Waals surface area contributed by atoms with Crippen LogP contribution in [0.3, 0.4) is 0 Å². The van der Waals surface area contributed by atoms with Crippen molar-refractivity contribution in [1.82, 2.24) is 4.98 Å². The molecule has 3 rings (SSSR count). The molecule has 0 fully saturated rings. The highest BCUT2D eigenvalue weighted by molar-refractivity contribution is 8.00. The van der Waals surface area contributed by atoms with Crippen molar-refractivity contribution in [3.8, 4) is 11.5 Å². The molecule has 1 amide bonds. The number of anilines is 1. The van der Waals surface area contributed by atoms with Gasteiger partial charge in [-0.15, -0.1) is 0 Å². The fourth-order valence-corrected chi connectivity index (χ4v) is 2.96. The Labute approximate surface area is 137 Å². The van der Waals surface area contributed by atoms with Crippen molar-refractivity contribution in [2.24, 2.45) is 0 Å². The summed E-state index contributed by atoms with van der Waals surface area (Å²) < 4.78 is 10.5. The molecule has 1 aliphatic heterocycles. The van der Waals surface area contributed by atoms with Crippen molar-refractivity contribution in [2.45, 2.75) is 17.2 Å². The molecule has 0 saturated heterocycles. The molecule has 1 aromatic carbocycles. The third kappa shape index (κ3) is 3.28. The number of hydrogen-bond donors (Lipinski definition) is 1. The van der Waals surface area contributed by atoms with E-state index in [0.29, 0.717) is 27.2 Å². The molecule has 1 aliphatic rings. The summed E-state index contributed by atoms with van der Waals surface area (Å²) in [4.78, 5) is 16.4. The summed E-state index contributed by atoms with van der Waals surface area (Å²) in [6.45, 7) is 2.01. The number of aromatic nitrogens is 1. The summed E-state index contributed by atoms with van der Waals surface area (Å²) in [5.41, 5.74) is 0.661. The van der Waals surface area contributed by atoms with E-state index in [4.69, 9.17) is 21.1 Å². The van der Waals surface area contributed by atoms with E-state index >= 15 is 0 Å². The van der Waals surface area contributed by atoms with E-state index in [2.05, 4.69) is 10.3 Å². The summed E-state index contributed by atoms with van der Waals surface area (Å²) in [7, 11) is 0. The van der Waals surface area contributed by atoms with Crippen LogP contribution in [0.15, 0.2) is 41.6 Å². The first kappa shape index (κ1) is 15.0. The average Bonchev–Trinajstić information content (AvgIpc) is 2.97. The highest BCUT2D eigenvalue weighted by Gasteiger charge is 2.19. The van der Waals surface area contributed by atoms with Crippen LogP contribution >= 0.6 is 23.4 Å². The molecule has 2 heterocycles. The zero-order chi connectivity index (χ0) is 15.5. The monoisotopic (exact) mass is 336 g/mol. The van der Waals surface area contributed by atoms with E-state index in [1.54, 1.807) is 43.5 Å². The molecule has 0 bridgehead atoms. The van der Waals surface area contributed by atoms with Crippen molar-refractivity contribution in [3.05, 3.63) is 41.6 Å². The molecule has 0 saturated carbocycles. The standard InChI is InChI=1S/C15H13ClN2O3S/c1-9(22-15-11(16)3-2-6-17-15)14(19)18-10-4-5-12-13(7-10)21-8-20-12/h2-7,9H,8H2,1H3,(H,18,19)/t9-/m1/s1. The van der Waals surface area contributed by atoms with Crippen LogP contribution in [-0.4, -0.2) is 22.9 Å². The van der Waals surface area contributed by atoms with Gasteiger partial charge in [0.2, 0.25) is 12.7 Å². The summed E-state index contributed by atoms with van der Waals surface area (Å²) >= 11 is 7.36. The normalized spacial score (nSPS) is 13.7. The van der Waals surface area contributed by atoms with Gasteiger partial charge in [0, 0.05) is 18.0 Å². The molecule has 0 spiro atoms. The Balaban J connectivity index is 1.65. The Morgan fingerprint density at radius 2 is 2.18 bits per heavy atom. The first-order chi connectivity index (χ1) is 10.6. The second-order valence-electron chi connectivity index (χ2n) is 4.61. The van der Waals surface area contributed by atoms with Crippen molar-refractivity contribution in [1.29, 1.82) is 0 Å². The molecule has 1 atom stereocenters. The van der Waals surface area contributed by atoms with E-state index in [-0.39, 0.29) is 18.0 Å². The maximum atomic E-state index is 12.3. The molecule has 0 aliphatic carbocycles. The van der Waals surface area contributed by atoms with Gasteiger partial charge in [0.05, 0.1) is 10.3 Å². The van der Waals surface area contributed by atoms with Gasteiger partial charge < -0.3 is 14.8 Å². The number of rotatable bonds is 4. The average molecular weight is 337 g/mol. The number of thioether (sulfide) groups is 1. The van der Waals surface area contributed by atoms with Gasteiger partial charge in [-0.3, -0.25) is 4.79 Å². The van der Waals surface area contributed by atoms with Crippen LogP contribution in [0.4, 0.5) is 5.69 Å². The first-order valence-electron chi connectivity index (χ1n) is 6.61. The Morgan fingerprint density at radius 1 is 1.36 bits per heavy atom. The molecule has 22 heavy (non-hydrogen) atoms. The maximum absolute atomic E-state index is 12.3. The van der Waals surface area contributed by atoms with Crippen molar-refractivity contribution in [2.75, 3.05) is 12.1 Å². The summed E-state index contributed by atoms with van der Waals surface area (Å²) in [6, 6.07) is 8.79. The largest absolute Gasteiger partial charge is 0.454 e. The molecule has 0 radical (unpaired) electrons. The number of fused-ring (bicyclic) bond motifs is 1. The lowest BCUT2D eigenvalue weighted by Crippen LogP contribution is -2.22. The lowest BCUT2D eigenvalue weighted by Gasteiger charge is -2.12. The quantitative estimate of drug-likeness (QED) is 0.865. The van der Waals surface area contributed by atoms with Crippen molar-refractivity contribution in [3.63, 3.8) is 0 Å². The summed E-state index contributed by atoms with van der Waals surface area (Å²) in [6.07, 6.45) is 1.65. The van der Waals surface area contributed by atoms with Gasteiger partial charge in [-0.1, -0.05) is 23.4 Å². The van der Waals surface area contributed by atoms with Gasteiger partial charge in [0.1, 0.15) is 5.03 Å². The molecule has 2 aromatic rings. The lowest BCUT2D eigenvalue weighted by molar-refractivity contribution is -0.115. The van der Waals surface area contributed by atoms with Gasteiger partial charge in [0.15, 0.2) is 11.5 Å². The van der Waals surface area contributed by atoms with Crippen molar-refractivity contribution < 1.29 is 14.3 Å². The Bertz CT molecular complexity index is 711. The van der Waals surface area contributed by atoms with Crippen LogP contribution in [0.1, 0.15) is 6.92 Å². The van der Waals surface area contributed by atoms with Crippen LogP contribution in [-0.2, 0) is 4.79 Å². The van der Waals surface area contributed by atoms with Crippen LogP contribution < -0.4 is 14.8 Å². The third-order valence-electron chi connectivity index (χ3n) is 3.02. The Kier molecular flexibility index (Phi) is 4.40. The molecule has 0 unspecified atom stereocenters. The third-order valence-corrected chi connectivity index (χ3v) is 4.56. The van der Waals surface area contributed by atoms with Crippen LogP contribution in [0, 0.1) is 0 Å². The van der Waals surface area contributed by atoms with Gasteiger partial charge in [-0.2, -0.15) is 0 Å². The number of carbonyl (C=O) groups is 1. The van der Waals surface area contributed by atoms with E-state index < -0.39 is 0 Å². The molecule has 7 heteroatoms. The molecule has 1 N–H and O–H groups in total. The second kappa shape index (κ2) is 6.46. The van der Waals surface area contributed by atoms with E-state index in [9.17, 15) is 4.79 Å².